The van der Waals surface area contributed by atoms with Crippen LogP contribution in [-0.4, -0.2) is 31.4 Å². The third kappa shape index (κ3) is 4.02. The maximum atomic E-state index is 11.8. The van der Waals surface area contributed by atoms with Crippen LogP contribution in [0.5, 0.6) is 0 Å². The van der Waals surface area contributed by atoms with E-state index in [1.165, 1.54) is 11.1 Å². The Morgan fingerprint density at radius 3 is 2.00 bits per heavy atom. The van der Waals surface area contributed by atoms with Gasteiger partial charge in [0.1, 0.15) is 0 Å². The molecule has 4 heteroatoms. The zero-order valence-corrected chi connectivity index (χ0v) is 13.2. The van der Waals surface area contributed by atoms with Crippen LogP contribution < -0.4 is 27.0 Å². The van der Waals surface area contributed by atoms with Gasteiger partial charge in [-0.1, -0.05) is 42.0 Å². The summed E-state index contributed by atoms with van der Waals surface area (Å²) in [4.78, 5) is 11.8. The third-order valence-corrected chi connectivity index (χ3v) is 4.09. The SMILES string of the molecule is Cc1cccc([Si](C)(C)[O-])c1C.[Br-].[Mg+2]. The van der Waals surface area contributed by atoms with E-state index in [2.05, 4.69) is 13.0 Å². The molecule has 74 valence electrons. The van der Waals surface area contributed by atoms with Crippen LogP contribution in [0.3, 0.4) is 0 Å². The Kier molecular flexibility index (Phi) is 7.64. The molecule has 0 aromatic heterocycles. The molecular formula is C10H15BrMgOSi. The first-order chi connectivity index (χ1) is 5.43. The van der Waals surface area contributed by atoms with Crippen LogP contribution >= 0.6 is 0 Å². The van der Waals surface area contributed by atoms with Crippen LogP contribution in [0, 0.1) is 13.8 Å². The van der Waals surface area contributed by atoms with Crippen molar-refractivity contribution in [3.05, 3.63) is 29.3 Å². The first-order valence-corrected chi connectivity index (χ1v) is 7.11. The predicted molar refractivity (Wildman–Crippen MR) is 58.8 cm³/mol. The van der Waals surface area contributed by atoms with E-state index in [1.807, 2.05) is 32.2 Å². The number of benzene rings is 1. The normalized spacial score (nSPS) is 10.1. The fourth-order valence-electron chi connectivity index (χ4n) is 1.40. The minimum absolute atomic E-state index is 0. The zero-order chi connectivity index (χ0) is 9.35. The number of hydrogen-bond donors (Lipinski definition) is 0. The summed E-state index contributed by atoms with van der Waals surface area (Å²) in [6.07, 6.45) is 0. The molecule has 1 nitrogen and oxygen atoms in total. The molecule has 0 heterocycles. The third-order valence-electron chi connectivity index (χ3n) is 2.25. The Bertz CT molecular complexity index is 297. The zero-order valence-electron chi connectivity index (χ0n) is 9.23. The summed E-state index contributed by atoms with van der Waals surface area (Å²) in [6.45, 7) is 7.78. The molecule has 1 rings (SSSR count). The second-order valence-corrected chi connectivity index (χ2v) is 7.32. The summed E-state index contributed by atoms with van der Waals surface area (Å²) >= 11 is 0. The fraction of sp³-hybridized carbons (Fsp3) is 0.400. The van der Waals surface area contributed by atoms with Crippen LogP contribution in [0.25, 0.3) is 0 Å². The summed E-state index contributed by atoms with van der Waals surface area (Å²) in [5.74, 6) is 0. The van der Waals surface area contributed by atoms with Crippen molar-refractivity contribution in [3.63, 3.8) is 0 Å². The Morgan fingerprint density at radius 1 is 1.14 bits per heavy atom. The van der Waals surface area contributed by atoms with Crippen molar-refractivity contribution in [3.8, 4) is 0 Å². The standard InChI is InChI=1S/C10H15OSi.BrH.Mg/c1-8-6-5-7-10(9(8)2)12(3,4)11;;/h5-7H,1-4H3;1H;/q-1;;+2/p-1. The minimum atomic E-state index is -2.36. The maximum absolute atomic E-state index is 11.8. The topological polar surface area (TPSA) is 23.1 Å². The van der Waals surface area contributed by atoms with E-state index in [9.17, 15) is 4.80 Å². The molecule has 0 unspecified atom stereocenters. The van der Waals surface area contributed by atoms with Crippen molar-refractivity contribution in [1.29, 1.82) is 0 Å². The van der Waals surface area contributed by atoms with Crippen molar-refractivity contribution in [2.45, 2.75) is 26.9 Å². The molecule has 0 aliphatic heterocycles. The Morgan fingerprint density at radius 2 is 1.64 bits per heavy atom. The van der Waals surface area contributed by atoms with Crippen LogP contribution in [0.1, 0.15) is 11.1 Å². The van der Waals surface area contributed by atoms with E-state index in [1.54, 1.807) is 0 Å². The smallest absolute Gasteiger partial charge is 1.00 e. The summed E-state index contributed by atoms with van der Waals surface area (Å²) in [6, 6.07) is 6.00. The summed E-state index contributed by atoms with van der Waals surface area (Å²) in [7, 11) is -2.36. The van der Waals surface area contributed by atoms with Crippen molar-refractivity contribution in [2.24, 2.45) is 0 Å². The quantitative estimate of drug-likeness (QED) is 0.532. The average molecular weight is 284 g/mol. The van der Waals surface area contributed by atoms with E-state index in [0.717, 1.165) is 5.19 Å². The van der Waals surface area contributed by atoms with Crippen LogP contribution in [0.4, 0.5) is 0 Å². The Hall–Kier alpha value is 0.643. The second-order valence-electron chi connectivity index (χ2n) is 3.76. The Labute approximate surface area is 114 Å². The van der Waals surface area contributed by atoms with Gasteiger partial charge in [-0.3, -0.25) is 0 Å². The predicted octanol–water partition coefficient (Wildman–Crippen LogP) is -2.30. The van der Waals surface area contributed by atoms with Crippen LogP contribution in [0.15, 0.2) is 18.2 Å². The molecule has 1 aromatic rings. The van der Waals surface area contributed by atoms with Gasteiger partial charge in [0.2, 0.25) is 0 Å². The van der Waals surface area contributed by atoms with Crippen molar-refractivity contribution < 1.29 is 21.8 Å². The van der Waals surface area contributed by atoms with Gasteiger partial charge in [-0.25, -0.2) is 0 Å². The number of aryl methyl sites for hydroxylation is 1. The molecule has 0 saturated heterocycles. The van der Waals surface area contributed by atoms with E-state index < -0.39 is 8.32 Å². The van der Waals surface area contributed by atoms with Gasteiger partial charge in [0, 0.05) is 0 Å². The molecule has 0 amide bonds. The first-order valence-electron chi connectivity index (χ1n) is 4.20. The molecule has 0 bridgehead atoms. The molecule has 0 spiro atoms. The second kappa shape index (κ2) is 6.27. The maximum Gasteiger partial charge on any atom is 2.00 e. The molecule has 0 atom stereocenters. The van der Waals surface area contributed by atoms with Gasteiger partial charge >= 0.3 is 23.1 Å². The molecule has 0 radical (unpaired) electrons. The Balaban J connectivity index is 0. The van der Waals surface area contributed by atoms with Gasteiger partial charge in [-0.05, 0) is 27.7 Å². The average Bonchev–Trinajstić information content (AvgIpc) is 1.92. The molecule has 1 aromatic carbocycles. The molecule has 0 aliphatic rings. The summed E-state index contributed by atoms with van der Waals surface area (Å²) in [5, 5.41) is 1.04. The number of halogens is 1. The number of hydrogen-bond acceptors (Lipinski definition) is 1. The van der Waals surface area contributed by atoms with Gasteiger partial charge in [0.25, 0.3) is 0 Å². The minimum Gasteiger partial charge on any atom is -1.00 e. The van der Waals surface area contributed by atoms with E-state index in [4.69, 9.17) is 0 Å². The summed E-state index contributed by atoms with van der Waals surface area (Å²) in [5.41, 5.74) is 2.41. The van der Waals surface area contributed by atoms with Crippen molar-refractivity contribution >= 4 is 36.6 Å². The van der Waals surface area contributed by atoms with Gasteiger partial charge in [0.15, 0.2) is 0 Å². The molecular weight excluding hydrogens is 268 g/mol. The van der Waals surface area contributed by atoms with Gasteiger partial charge in [0.05, 0.1) is 0 Å². The van der Waals surface area contributed by atoms with Crippen molar-refractivity contribution in [2.75, 3.05) is 0 Å². The molecule has 0 N–H and O–H groups in total. The molecule has 14 heavy (non-hydrogen) atoms. The van der Waals surface area contributed by atoms with Gasteiger partial charge in [-0.15, -0.1) is 0 Å². The molecule has 0 saturated carbocycles. The largest absolute Gasteiger partial charge is 2.00 e. The van der Waals surface area contributed by atoms with E-state index in [0.29, 0.717) is 0 Å². The van der Waals surface area contributed by atoms with E-state index >= 15 is 0 Å². The molecule has 0 fully saturated rings. The monoisotopic (exact) mass is 282 g/mol. The molecule has 0 aliphatic carbocycles. The van der Waals surface area contributed by atoms with Gasteiger partial charge < -0.3 is 21.8 Å². The van der Waals surface area contributed by atoms with Gasteiger partial charge in [-0.2, -0.15) is 0 Å². The van der Waals surface area contributed by atoms with E-state index in [-0.39, 0.29) is 40.0 Å². The van der Waals surface area contributed by atoms with Crippen molar-refractivity contribution in [1.82, 2.24) is 0 Å². The number of rotatable bonds is 1. The fourth-order valence-corrected chi connectivity index (χ4v) is 3.00. The summed E-state index contributed by atoms with van der Waals surface area (Å²) < 4.78 is 0. The first kappa shape index (κ1) is 17.1. The van der Waals surface area contributed by atoms with Crippen LogP contribution in [0.2, 0.25) is 13.1 Å². The van der Waals surface area contributed by atoms with Crippen LogP contribution in [-0.2, 0) is 0 Å².